The quantitative estimate of drug-likeness (QED) is 0.666. The lowest BCUT2D eigenvalue weighted by Gasteiger charge is -2.17. The number of esters is 1. The zero-order valence-electron chi connectivity index (χ0n) is 8.91. The van der Waals surface area contributed by atoms with Gasteiger partial charge in [-0.2, -0.15) is 0 Å². The van der Waals surface area contributed by atoms with Crippen LogP contribution < -0.4 is 0 Å². The fourth-order valence-corrected chi connectivity index (χ4v) is 1.22. The van der Waals surface area contributed by atoms with Gasteiger partial charge >= 0.3 is 5.97 Å². The van der Waals surface area contributed by atoms with Gasteiger partial charge in [-0.25, -0.2) is 0 Å². The van der Waals surface area contributed by atoms with Crippen molar-refractivity contribution in [2.45, 2.75) is 39.7 Å². The van der Waals surface area contributed by atoms with Crippen molar-refractivity contribution in [3.05, 3.63) is 0 Å². The normalized spacial score (nSPS) is 15.5. The van der Waals surface area contributed by atoms with Crippen molar-refractivity contribution in [3.63, 3.8) is 0 Å². The topological polar surface area (TPSA) is 46.5 Å². The van der Waals surface area contributed by atoms with Crippen LogP contribution >= 0.6 is 0 Å². The van der Waals surface area contributed by atoms with Crippen LogP contribution in [0.5, 0.6) is 0 Å². The molecule has 0 aromatic carbocycles. The lowest BCUT2D eigenvalue weighted by molar-refractivity contribution is -0.149. The Morgan fingerprint density at radius 1 is 1.31 bits per heavy atom. The fourth-order valence-electron chi connectivity index (χ4n) is 1.22. The van der Waals surface area contributed by atoms with Gasteiger partial charge in [0.15, 0.2) is 0 Å². The number of carbonyl (C=O) groups is 1. The van der Waals surface area contributed by atoms with E-state index in [1.807, 2.05) is 0 Å². The van der Waals surface area contributed by atoms with Crippen molar-refractivity contribution in [2.24, 2.45) is 11.8 Å². The second-order valence-electron chi connectivity index (χ2n) is 3.84. The van der Waals surface area contributed by atoms with E-state index in [4.69, 9.17) is 0 Å². The van der Waals surface area contributed by atoms with E-state index in [2.05, 4.69) is 18.6 Å². The van der Waals surface area contributed by atoms with E-state index in [-0.39, 0.29) is 11.9 Å². The van der Waals surface area contributed by atoms with Crippen molar-refractivity contribution in [1.82, 2.24) is 0 Å². The second-order valence-corrected chi connectivity index (χ2v) is 3.84. The molecule has 0 spiro atoms. The van der Waals surface area contributed by atoms with Crippen LogP contribution in [0.3, 0.4) is 0 Å². The maximum absolute atomic E-state index is 11.2. The zero-order chi connectivity index (χ0) is 10.4. The first-order valence-electron chi connectivity index (χ1n) is 4.75. The third kappa shape index (κ3) is 4.88. The third-order valence-corrected chi connectivity index (χ3v) is 2.14. The molecular formula is C10H20O3. The van der Waals surface area contributed by atoms with E-state index in [0.29, 0.717) is 12.3 Å². The number of hydrogen-bond acceptors (Lipinski definition) is 3. The Labute approximate surface area is 80.1 Å². The lowest BCUT2D eigenvalue weighted by atomic mass is 9.94. The molecule has 0 heterocycles. The van der Waals surface area contributed by atoms with Crippen molar-refractivity contribution in [2.75, 3.05) is 7.11 Å². The summed E-state index contributed by atoms with van der Waals surface area (Å²) in [6, 6.07) is 0. The van der Waals surface area contributed by atoms with E-state index >= 15 is 0 Å². The minimum atomic E-state index is -0.619. The van der Waals surface area contributed by atoms with Gasteiger partial charge < -0.3 is 9.84 Å². The minimum absolute atomic E-state index is 0.310. The second kappa shape index (κ2) is 5.97. The summed E-state index contributed by atoms with van der Waals surface area (Å²) < 4.78 is 4.61. The van der Waals surface area contributed by atoms with Gasteiger partial charge in [0, 0.05) is 0 Å². The maximum Gasteiger partial charge on any atom is 0.311 e. The summed E-state index contributed by atoms with van der Waals surface area (Å²) in [6.07, 6.45) is 1.01. The van der Waals surface area contributed by atoms with Gasteiger partial charge in [-0.3, -0.25) is 4.79 Å². The molecule has 3 heteroatoms. The molecule has 1 N–H and O–H groups in total. The number of carbonyl (C=O) groups excluding carboxylic acids is 1. The Morgan fingerprint density at radius 2 is 1.85 bits per heavy atom. The lowest BCUT2D eigenvalue weighted by Crippen LogP contribution is -2.27. The number of rotatable bonds is 5. The smallest absolute Gasteiger partial charge is 0.311 e. The van der Waals surface area contributed by atoms with Crippen LogP contribution in [0.15, 0.2) is 0 Å². The molecule has 0 aliphatic carbocycles. The molecule has 0 saturated heterocycles. The van der Waals surface area contributed by atoms with Crippen LogP contribution in [0, 0.1) is 11.8 Å². The van der Waals surface area contributed by atoms with Crippen LogP contribution in [-0.2, 0) is 9.53 Å². The van der Waals surface area contributed by atoms with E-state index in [9.17, 15) is 9.90 Å². The van der Waals surface area contributed by atoms with Crippen LogP contribution in [0.4, 0.5) is 0 Å². The molecule has 0 aliphatic rings. The van der Waals surface area contributed by atoms with E-state index in [1.54, 1.807) is 6.92 Å². The minimum Gasteiger partial charge on any atom is -0.469 e. The van der Waals surface area contributed by atoms with Gasteiger partial charge in [0.2, 0.25) is 0 Å². The molecule has 0 rings (SSSR count). The maximum atomic E-state index is 11.2. The average Bonchev–Trinajstić information content (AvgIpc) is 2.03. The van der Waals surface area contributed by atoms with E-state index < -0.39 is 6.10 Å². The summed E-state index contributed by atoms with van der Waals surface area (Å²) in [5, 5.41) is 9.33. The van der Waals surface area contributed by atoms with E-state index in [0.717, 1.165) is 6.42 Å². The number of aliphatic hydroxyl groups excluding tert-OH is 1. The highest BCUT2D eigenvalue weighted by atomic mass is 16.5. The first-order chi connectivity index (χ1) is 5.99. The Kier molecular flexibility index (Phi) is 5.71. The molecule has 3 nitrogen and oxygen atoms in total. The fraction of sp³-hybridized carbons (Fsp3) is 0.900. The molecule has 0 unspecified atom stereocenters. The monoisotopic (exact) mass is 188 g/mol. The summed E-state index contributed by atoms with van der Waals surface area (Å²) in [4.78, 5) is 11.2. The molecule has 2 atom stereocenters. The largest absolute Gasteiger partial charge is 0.469 e. The number of ether oxygens (including phenoxy) is 1. The molecule has 78 valence electrons. The molecule has 0 aromatic heterocycles. The molecule has 0 aliphatic heterocycles. The first kappa shape index (κ1) is 12.4. The van der Waals surface area contributed by atoms with Crippen LogP contribution in [0.1, 0.15) is 33.6 Å². The van der Waals surface area contributed by atoms with Crippen LogP contribution in [-0.4, -0.2) is 24.3 Å². The van der Waals surface area contributed by atoms with Crippen LogP contribution in [0.2, 0.25) is 0 Å². The Morgan fingerprint density at radius 3 is 2.15 bits per heavy atom. The molecule has 0 amide bonds. The van der Waals surface area contributed by atoms with Gasteiger partial charge in [0.05, 0.1) is 19.1 Å². The van der Waals surface area contributed by atoms with Crippen LogP contribution in [0.25, 0.3) is 0 Å². The van der Waals surface area contributed by atoms with Gasteiger partial charge in [-0.15, -0.1) is 0 Å². The van der Waals surface area contributed by atoms with Crippen molar-refractivity contribution >= 4 is 5.97 Å². The van der Waals surface area contributed by atoms with Gasteiger partial charge in [-0.05, 0) is 19.3 Å². The highest BCUT2D eigenvalue weighted by Crippen LogP contribution is 2.16. The molecule has 0 saturated carbocycles. The predicted octanol–water partition coefficient (Wildman–Crippen LogP) is 1.59. The molecule has 0 radical (unpaired) electrons. The molecule has 13 heavy (non-hydrogen) atoms. The SMILES string of the molecule is COC(=O)[C@H](CCC(C)C)[C@@H](C)O. The first-order valence-corrected chi connectivity index (χ1v) is 4.75. The number of hydrogen-bond donors (Lipinski definition) is 1. The highest BCUT2D eigenvalue weighted by Gasteiger charge is 2.24. The van der Waals surface area contributed by atoms with Gasteiger partial charge in [-0.1, -0.05) is 20.3 Å². The van der Waals surface area contributed by atoms with Gasteiger partial charge in [0.1, 0.15) is 0 Å². The summed E-state index contributed by atoms with van der Waals surface area (Å²) >= 11 is 0. The summed E-state index contributed by atoms with van der Waals surface area (Å²) in [5.41, 5.74) is 0. The third-order valence-electron chi connectivity index (χ3n) is 2.14. The standard InChI is InChI=1S/C10H20O3/c1-7(2)5-6-9(8(3)11)10(12)13-4/h7-9,11H,5-6H2,1-4H3/t8-,9-/m1/s1. The van der Waals surface area contributed by atoms with Crippen molar-refractivity contribution in [1.29, 1.82) is 0 Å². The Hall–Kier alpha value is -0.570. The highest BCUT2D eigenvalue weighted by molar-refractivity contribution is 5.72. The van der Waals surface area contributed by atoms with Gasteiger partial charge in [0.25, 0.3) is 0 Å². The summed E-state index contributed by atoms with van der Waals surface area (Å²) in [5.74, 6) is -0.131. The number of aliphatic hydroxyl groups is 1. The molecule has 0 aromatic rings. The molecular weight excluding hydrogens is 168 g/mol. The van der Waals surface area contributed by atoms with Crippen molar-refractivity contribution in [3.8, 4) is 0 Å². The van der Waals surface area contributed by atoms with Crippen molar-refractivity contribution < 1.29 is 14.6 Å². The zero-order valence-corrected chi connectivity index (χ0v) is 8.91. The predicted molar refractivity (Wildman–Crippen MR) is 51.3 cm³/mol. The van der Waals surface area contributed by atoms with E-state index in [1.165, 1.54) is 7.11 Å². The summed E-state index contributed by atoms with van der Waals surface area (Å²) in [7, 11) is 1.35. The molecule has 0 fully saturated rings. The Balaban J connectivity index is 4.03. The average molecular weight is 188 g/mol. The number of methoxy groups -OCH3 is 1. The Bertz CT molecular complexity index is 152. The molecule has 0 bridgehead atoms. The summed E-state index contributed by atoms with van der Waals surface area (Å²) in [6.45, 7) is 5.81.